The van der Waals surface area contributed by atoms with Crippen LogP contribution in [0.3, 0.4) is 0 Å². The molecule has 0 saturated carbocycles. The minimum Gasteiger partial charge on any atom is -0.444 e. The fourth-order valence-corrected chi connectivity index (χ4v) is 3.59. The summed E-state index contributed by atoms with van der Waals surface area (Å²) in [6.07, 6.45) is 0.110. The third-order valence-electron chi connectivity index (χ3n) is 3.49. The average molecular weight is 327 g/mol. The summed E-state index contributed by atoms with van der Waals surface area (Å²) in [5, 5.41) is 0.911. The second-order valence-corrected chi connectivity index (χ2v) is 8.06. The van der Waals surface area contributed by atoms with Crippen molar-refractivity contribution in [1.82, 2.24) is 5.32 Å². The van der Waals surface area contributed by atoms with Gasteiger partial charge < -0.3 is 10.1 Å². The normalized spacial score (nSPS) is 16.9. The number of hydrogen-bond donors (Lipinski definition) is 2. The van der Waals surface area contributed by atoms with E-state index in [4.69, 9.17) is 4.74 Å². The summed E-state index contributed by atoms with van der Waals surface area (Å²) in [6.45, 7) is 5.04. The molecule has 0 saturated heterocycles. The smallest absolute Gasteiger partial charge is 0.408 e. The van der Waals surface area contributed by atoms with Crippen LogP contribution in [0, 0.1) is 5.92 Å². The monoisotopic (exact) mass is 327 g/mol. The quantitative estimate of drug-likeness (QED) is 0.830. The highest BCUT2D eigenvalue weighted by atomic mass is 32.2. The number of fused-ring (bicyclic) bond motifs is 1. The molecule has 0 bridgehead atoms. The van der Waals surface area contributed by atoms with Crippen LogP contribution in [-0.4, -0.2) is 30.0 Å². The van der Waals surface area contributed by atoms with Crippen molar-refractivity contribution in [3.8, 4) is 0 Å². The Balaban J connectivity index is 2.14. The number of rotatable bonds is 3. The molecule has 0 aliphatic heterocycles. The SMILES string of the molecule is CC(C)(C)OC(=O)NC(C1Cc2ccccc2C1)S(=O)(=O)O. The highest BCUT2D eigenvalue weighted by Crippen LogP contribution is 2.30. The van der Waals surface area contributed by atoms with Gasteiger partial charge in [0, 0.05) is 5.92 Å². The van der Waals surface area contributed by atoms with Gasteiger partial charge in [0.2, 0.25) is 0 Å². The van der Waals surface area contributed by atoms with E-state index in [2.05, 4.69) is 5.32 Å². The summed E-state index contributed by atoms with van der Waals surface area (Å²) < 4.78 is 37.9. The van der Waals surface area contributed by atoms with Gasteiger partial charge in [-0.1, -0.05) is 24.3 Å². The number of nitrogens with one attached hydrogen (secondary N) is 1. The van der Waals surface area contributed by atoms with Gasteiger partial charge in [0.25, 0.3) is 10.1 Å². The lowest BCUT2D eigenvalue weighted by Crippen LogP contribution is -2.47. The Hall–Kier alpha value is -1.60. The van der Waals surface area contributed by atoms with E-state index in [1.54, 1.807) is 20.8 Å². The van der Waals surface area contributed by atoms with Crippen molar-refractivity contribution in [2.45, 2.75) is 44.6 Å². The van der Waals surface area contributed by atoms with Crippen LogP contribution in [0.25, 0.3) is 0 Å². The van der Waals surface area contributed by atoms with Crippen molar-refractivity contribution in [3.05, 3.63) is 35.4 Å². The second-order valence-electron chi connectivity index (χ2n) is 6.52. The zero-order valence-electron chi connectivity index (χ0n) is 12.9. The average Bonchev–Trinajstić information content (AvgIpc) is 2.75. The lowest BCUT2D eigenvalue weighted by Gasteiger charge is -2.25. The van der Waals surface area contributed by atoms with Crippen LogP contribution >= 0.6 is 0 Å². The molecule has 2 N–H and O–H groups in total. The Kier molecular flexibility index (Phi) is 4.49. The maximum Gasteiger partial charge on any atom is 0.408 e. The topological polar surface area (TPSA) is 92.7 Å². The molecule has 1 aliphatic carbocycles. The van der Waals surface area contributed by atoms with Crippen molar-refractivity contribution in [3.63, 3.8) is 0 Å². The number of benzene rings is 1. The van der Waals surface area contributed by atoms with Gasteiger partial charge in [-0.15, -0.1) is 0 Å². The number of carbonyl (C=O) groups is 1. The Morgan fingerprint density at radius 1 is 1.27 bits per heavy atom. The highest BCUT2D eigenvalue weighted by Gasteiger charge is 2.38. The van der Waals surface area contributed by atoms with E-state index < -0.39 is 33.1 Å². The molecule has 0 aromatic heterocycles. The highest BCUT2D eigenvalue weighted by molar-refractivity contribution is 7.86. The van der Waals surface area contributed by atoms with Crippen molar-refractivity contribution in [1.29, 1.82) is 0 Å². The predicted molar refractivity (Wildman–Crippen MR) is 82.0 cm³/mol. The van der Waals surface area contributed by atoms with Crippen molar-refractivity contribution in [2.75, 3.05) is 0 Å². The van der Waals surface area contributed by atoms with Gasteiger partial charge in [-0.05, 0) is 44.7 Å². The van der Waals surface area contributed by atoms with Gasteiger partial charge in [-0.2, -0.15) is 8.42 Å². The summed E-state index contributed by atoms with van der Waals surface area (Å²) in [6, 6.07) is 7.60. The largest absolute Gasteiger partial charge is 0.444 e. The molecule has 1 aromatic rings. The Morgan fingerprint density at radius 3 is 2.18 bits per heavy atom. The molecule has 1 atom stereocenters. The second kappa shape index (κ2) is 5.89. The minimum absolute atomic E-state index is 0.417. The molecule has 0 radical (unpaired) electrons. The maximum atomic E-state index is 11.8. The molecule has 7 heteroatoms. The predicted octanol–water partition coefficient (Wildman–Crippen LogP) is 2.14. The van der Waals surface area contributed by atoms with Crippen molar-refractivity contribution < 1.29 is 22.5 Å². The molecule has 122 valence electrons. The van der Waals surface area contributed by atoms with E-state index in [1.807, 2.05) is 24.3 Å². The van der Waals surface area contributed by atoms with Crippen LogP contribution < -0.4 is 5.32 Å². The molecular formula is C15H21NO5S. The first-order valence-electron chi connectivity index (χ1n) is 7.09. The third kappa shape index (κ3) is 4.20. The van der Waals surface area contributed by atoms with Crippen LogP contribution in [0.1, 0.15) is 31.9 Å². The fraction of sp³-hybridized carbons (Fsp3) is 0.533. The van der Waals surface area contributed by atoms with Crippen LogP contribution in [0.4, 0.5) is 4.79 Å². The minimum atomic E-state index is -4.43. The van der Waals surface area contributed by atoms with Gasteiger partial charge in [-0.25, -0.2) is 4.79 Å². The Morgan fingerprint density at radius 2 is 1.77 bits per heavy atom. The molecule has 0 spiro atoms. The van der Waals surface area contributed by atoms with E-state index in [0.29, 0.717) is 12.8 Å². The Labute approximate surface area is 130 Å². The molecule has 1 aliphatic rings. The van der Waals surface area contributed by atoms with Crippen molar-refractivity contribution >= 4 is 16.2 Å². The molecule has 22 heavy (non-hydrogen) atoms. The number of ether oxygens (including phenoxy) is 1. The van der Waals surface area contributed by atoms with Crippen molar-refractivity contribution in [2.24, 2.45) is 5.92 Å². The van der Waals surface area contributed by atoms with E-state index in [9.17, 15) is 17.8 Å². The molecular weight excluding hydrogens is 306 g/mol. The first-order valence-corrected chi connectivity index (χ1v) is 8.59. The molecule has 1 amide bonds. The van der Waals surface area contributed by atoms with E-state index >= 15 is 0 Å². The molecule has 0 heterocycles. The van der Waals surface area contributed by atoms with E-state index in [1.165, 1.54) is 0 Å². The third-order valence-corrected chi connectivity index (χ3v) is 4.64. The van der Waals surface area contributed by atoms with E-state index in [0.717, 1.165) is 11.1 Å². The lowest BCUT2D eigenvalue weighted by atomic mass is 10.1. The summed E-state index contributed by atoms with van der Waals surface area (Å²) >= 11 is 0. The van der Waals surface area contributed by atoms with Gasteiger partial charge in [0.05, 0.1) is 0 Å². The fourth-order valence-electron chi connectivity index (χ4n) is 2.67. The van der Waals surface area contributed by atoms with Gasteiger partial charge in [-0.3, -0.25) is 4.55 Å². The number of alkyl carbamates (subject to hydrolysis) is 1. The zero-order chi connectivity index (χ0) is 16.5. The molecule has 2 rings (SSSR count). The molecule has 1 unspecified atom stereocenters. The van der Waals surface area contributed by atoms with Gasteiger partial charge in [0.15, 0.2) is 5.37 Å². The zero-order valence-corrected chi connectivity index (χ0v) is 13.7. The van der Waals surface area contributed by atoms with Gasteiger partial charge >= 0.3 is 6.09 Å². The number of amides is 1. The molecule has 0 fully saturated rings. The Bertz CT molecular complexity index is 638. The maximum absolute atomic E-state index is 11.8. The van der Waals surface area contributed by atoms with Gasteiger partial charge in [0.1, 0.15) is 5.60 Å². The van der Waals surface area contributed by atoms with Crippen LogP contribution in [0.5, 0.6) is 0 Å². The summed E-state index contributed by atoms with van der Waals surface area (Å²) in [5.41, 5.74) is 1.33. The summed E-state index contributed by atoms with van der Waals surface area (Å²) in [4.78, 5) is 11.8. The summed E-state index contributed by atoms with van der Waals surface area (Å²) in [7, 11) is -4.43. The lowest BCUT2D eigenvalue weighted by molar-refractivity contribution is 0.0506. The number of carbonyl (C=O) groups excluding carboxylic acids is 1. The number of hydrogen-bond acceptors (Lipinski definition) is 4. The van der Waals surface area contributed by atoms with Crippen LogP contribution in [0.15, 0.2) is 24.3 Å². The standard InChI is InChI=1S/C15H21NO5S/c1-15(2,3)21-14(17)16-13(22(18,19)20)12-8-10-6-4-5-7-11(10)9-12/h4-7,12-13H,8-9H2,1-3H3,(H,16,17)(H,18,19,20). The summed E-state index contributed by atoms with van der Waals surface area (Å²) in [5.74, 6) is -0.417. The van der Waals surface area contributed by atoms with E-state index in [-0.39, 0.29) is 0 Å². The molecule has 6 nitrogen and oxygen atoms in total. The van der Waals surface area contributed by atoms with Crippen LogP contribution in [0.2, 0.25) is 0 Å². The first-order chi connectivity index (χ1) is 10.1. The first kappa shape index (κ1) is 16.8. The van der Waals surface area contributed by atoms with Crippen LogP contribution in [-0.2, 0) is 27.7 Å². The molecule has 1 aromatic carbocycles.